The third-order valence-electron chi connectivity index (χ3n) is 7.38. The molecule has 3 aromatic heterocycles. The number of carbonyl (C=O) groups is 2. The van der Waals surface area contributed by atoms with Crippen LogP contribution in [-0.4, -0.2) is 57.8 Å². The van der Waals surface area contributed by atoms with Crippen molar-refractivity contribution in [2.45, 2.75) is 58.3 Å². The molecule has 0 radical (unpaired) electrons. The Kier molecular flexibility index (Phi) is 7.28. The Morgan fingerprint density at radius 1 is 1.23 bits per heavy atom. The molecule has 206 valence electrons. The van der Waals surface area contributed by atoms with Crippen molar-refractivity contribution in [3.8, 4) is 17.1 Å². The van der Waals surface area contributed by atoms with Crippen LogP contribution < -0.4 is 15.0 Å². The van der Waals surface area contributed by atoms with Crippen molar-refractivity contribution in [3.63, 3.8) is 0 Å². The molecular formula is C27H29F3N6O3. The smallest absolute Gasteiger partial charge is 0.261 e. The van der Waals surface area contributed by atoms with E-state index >= 15 is 0 Å². The number of anilines is 1. The second kappa shape index (κ2) is 10.7. The molecular weight excluding hydrogens is 513 g/mol. The van der Waals surface area contributed by atoms with Crippen molar-refractivity contribution in [1.82, 2.24) is 25.1 Å². The Morgan fingerprint density at radius 2 is 2.00 bits per heavy atom. The van der Waals surface area contributed by atoms with Crippen molar-refractivity contribution in [2.24, 2.45) is 5.92 Å². The van der Waals surface area contributed by atoms with Gasteiger partial charge in [-0.25, -0.2) is 23.1 Å². The molecule has 0 saturated heterocycles. The summed E-state index contributed by atoms with van der Waals surface area (Å²) >= 11 is 0. The monoisotopic (exact) mass is 542 g/mol. The lowest BCUT2D eigenvalue weighted by molar-refractivity contribution is 0.0887. The molecule has 1 aliphatic carbocycles. The van der Waals surface area contributed by atoms with Crippen LogP contribution in [0.2, 0.25) is 0 Å². The summed E-state index contributed by atoms with van der Waals surface area (Å²) in [4.78, 5) is 36.5. The van der Waals surface area contributed by atoms with E-state index in [0.29, 0.717) is 33.8 Å². The number of ether oxygens (including phenoxy) is 1. The van der Waals surface area contributed by atoms with E-state index < -0.39 is 31.1 Å². The number of methoxy groups -OCH3 is 1. The summed E-state index contributed by atoms with van der Waals surface area (Å²) in [5.41, 5.74) is 3.14. The number of pyridine rings is 2. The summed E-state index contributed by atoms with van der Waals surface area (Å²) in [5, 5.41) is 6.44. The molecule has 1 saturated carbocycles. The van der Waals surface area contributed by atoms with Crippen LogP contribution in [0, 0.1) is 12.8 Å². The Balaban J connectivity index is 1.42. The average molecular weight is 543 g/mol. The maximum Gasteiger partial charge on any atom is 0.261 e. The zero-order valence-electron chi connectivity index (χ0n) is 21.8. The third kappa shape index (κ3) is 5.07. The number of nitrogens with zero attached hydrogens (tertiary/aromatic N) is 5. The summed E-state index contributed by atoms with van der Waals surface area (Å²) in [6, 6.07) is 2.75. The van der Waals surface area contributed by atoms with Gasteiger partial charge in [0.15, 0.2) is 0 Å². The number of aryl methyl sites for hydroxylation is 1. The molecule has 5 rings (SSSR count). The molecule has 12 heteroatoms. The number of carbonyl (C=O) groups excluding carboxylic acids is 2. The van der Waals surface area contributed by atoms with E-state index in [9.17, 15) is 22.8 Å². The van der Waals surface area contributed by atoms with E-state index in [-0.39, 0.29) is 29.8 Å². The van der Waals surface area contributed by atoms with Gasteiger partial charge in [0.1, 0.15) is 11.7 Å². The molecule has 0 aromatic carbocycles. The van der Waals surface area contributed by atoms with Gasteiger partial charge in [0.2, 0.25) is 5.88 Å². The number of hydrogen-bond acceptors (Lipinski definition) is 6. The Morgan fingerprint density at radius 3 is 2.67 bits per heavy atom. The first kappa shape index (κ1) is 26.6. The molecule has 1 aliphatic heterocycles. The summed E-state index contributed by atoms with van der Waals surface area (Å²) in [5.74, 6) is -0.922. The van der Waals surface area contributed by atoms with Crippen molar-refractivity contribution < 1.29 is 27.5 Å². The minimum Gasteiger partial charge on any atom is -0.480 e. The maximum atomic E-state index is 14.5. The van der Waals surface area contributed by atoms with E-state index in [1.165, 1.54) is 24.1 Å². The second-order valence-electron chi connectivity index (χ2n) is 9.95. The fourth-order valence-corrected chi connectivity index (χ4v) is 5.07. The number of hydrogen-bond donors (Lipinski definition) is 1. The van der Waals surface area contributed by atoms with Gasteiger partial charge in [0, 0.05) is 18.0 Å². The van der Waals surface area contributed by atoms with Crippen LogP contribution in [0.25, 0.3) is 11.3 Å². The zero-order chi connectivity index (χ0) is 27.8. The molecule has 1 N–H and O–H groups in total. The van der Waals surface area contributed by atoms with Crippen LogP contribution in [0.5, 0.6) is 5.88 Å². The van der Waals surface area contributed by atoms with E-state index in [1.807, 2.05) is 6.92 Å². The van der Waals surface area contributed by atoms with E-state index in [1.54, 1.807) is 30.3 Å². The van der Waals surface area contributed by atoms with Crippen molar-refractivity contribution in [3.05, 3.63) is 53.1 Å². The first-order chi connectivity index (χ1) is 18.7. The molecule has 9 nitrogen and oxygen atoms in total. The molecule has 0 spiro atoms. The summed E-state index contributed by atoms with van der Waals surface area (Å²) in [6.45, 7) is 2.98. The van der Waals surface area contributed by atoms with E-state index in [2.05, 4.69) is 15.4 Å². The highest BCUT2D eigenvalue weighted by molar-refractivity contribution is 6.11. The van der Waals surface area contributed by atoms with Crippen molar-refractivity contribution in [1.29, 1.82) is 0 Å². The standard InChI is InChI=1S/C27H29F3N6O3/c1-14-7-21(17-8-19(26(39-3)32-9-17)25(37)31-11-22(29)30)34-24-15(2)36(27(38)23(14)24)18-10-33-35(12-18)13-20(28)16-5-4-6-16/h7-10,12,15-16,20,22H,4-6,11,13H2,1-3H3,(H,31,37). The normalized spacial score (nSPS) is 17.8. The van der Waals surface area contributed by atoms with Crippen LogP contribution in [0.3, 0.4) is 0 Å². The van der Waals surface area contributed by atoms with Crippen LogP contribution in [0.15, 0.2) is 30.7 Å². The lowest BCUT2D eigenvalue weighted by Gasteiger charge is -2.28. The van der Waals surface area contributed by atoms with Gasteiger partial charge in [0.05, 0.1) is 55.1 Å². The van der Waals surface area contributed by atoms with Gasteiger partial charge < -0.3 is 10.1 Å². The minimum atomic E-state index is -2.70. The topological polar surface area (TPSA) is 102 Å². The quantitative estimate of drug-likeness (QED) is 0.427. The number of aromatic nitrogens is 4. The van der Waals surface area contributed by atoms with Gasteiger partial charge in [-0.3, -0.25) is 19.2 Å². The first-order valence-corrected chi connectivity index (χ1v) is 12.8. The van der Waals surface area contributed by atoms with Gasteiger partial charge in [-0.2, -0.15) is 5.10 Å². The SMILES string of the molecule is COc1ncc(-c2cc(C)c3c(n2)C(C)N(c2cnn(CC(F)C4CCC4)c2)C3=O)cc1C(=O)NCC(F)F. The third-order valence-corrected chi connectivity index (χ3v) is 7.38. The predicted octanol–water partition coefficient (Wildman–Crippen LogP) is 4.51. The van der Waals surface area contributed by atoms with E-state index in [4.69, 9.17) is 9.72 Å². The largest absolute Gasteiger partial charge is 0.480 e. The van der Waals surface area contributed by atoms with Crippen molar-refractivity contribution in [2.75, 3.05) is 18.6 Å². The lowest BCUT2D eigenvalue weighted by atomic mass is 9.82. The molecule has 2 unspecified atom stereocenters. The Hall–Kier alpha value is -3.96. The Labute approximate surface area is 223 Å². The van der Waals surface area contributed by atoms with Gasteiger partial charge in [-0.1, -0.05) is 6.42 Å². The van der Waals surface area contributed by atoms with Crippen LogP contribution in [-0.2, 0) is 6.54 Å². The van der Waals surface area contributed by atoms with Crippen molar-refractivity contribution >= 4 is 17.5 Å². The molecule has 39 heavy (non-hydrogen) atoms. The molecule has 3 aromatic rings. The molecule has 2 aliphatic rings. The Bertz CT molecular complexity index is 1410. The van der Waals surface area contributed by atoms with Gasteiger partial charge in [0.25, 0.3) is 18.2 Å². The zero-order valence-corrected chi connectivity index (χ0v) is 21.8. The molecule has 2 atom stereocenters. The molecule has 0 bridgehead atoms. The van der Waals surface area contributed by atoms with Crippen LogP contribution in [0.4, 0.5) is 18.9 Å². The highest BCUT2D eigenvalue weighted by Crippen LogP contribution is 2.39. The first-order valence-electron chi connectivity index (χ1n) is 12.8. The lowest BCUT2D eigenvalue weighted by Crippen LogP contribution is -2.29. The highest BCUT2D eigenvalue weighted by atomic mass is 19.3. The van der Waals surface area contributed by atoms with Crippen LogP contribution in [0.1, 0.15) is 64.2 Å². The number of fused-ring (bicyclic) bond motifs is 1. The van der Waals surface area contributed by atoms with Gasteiger partial charge in [-0.15, -0.1) is 0 Å². The minimum absolute atomic E-state index is 0.0112. The van der Waals surface area contributed by atoms with E-state index in [0.717, 1.165) is 19.3 Å². The molecule has 1 fully saturated rings. The number of halogens is 3. The average Bonchev–Trinajstić information content (AvgIpc) is 3.42. The predicted molar refractivity (Wildman–Crippen MR) is 137 cm³/mol. The maximum absolute atomic E-state index is 14.5. The fourth-order valence-electron chi connectivity index (χ4n) is 5.07. The summed E-state index contributed by atoms with van der Waals surface area (Å²) < 4.78 is 46.4. The number of amides is 2. The summed E-state index contributed by atoms with van der Waals surface area (Å²) in [7, 11) is 1.33. The molecule has 4 heterocycles. The molecule has 2 amide bonds. The number of alkyl halides is 3. The fraction of sp³-hybridized carbons (Fsp3) is 0.444. The number of nitrogens with one attached hydrogen (secondary N) is 1. The van der Waals surface area contributed by atoms with Gasteiger partial charge in [-0.05, 0) is 50.3 Å². The number of rotatable bonds is 9. The summed E-state index contributed by atoms with van der Waals surface area (Å²) in [6.07, 6.45) is 3.88. The van der Waals surface area contributed by atoms with Gasteiger partial charge >= 0.3 is 0 Å². The highest BCUT2D eigenvalue weighted by Gasteiger charge is 2.39. The second-order valence-corrected chi connectivity index (χ2v) is 9.95. The van der Waals surface area contributed by atoms with Crippen LogP contribution >= 0.6 is 0 Å².